The largest absolute Gasteiger partial charge is 0.374 e. The highest BCUT2D eigenvalue weighted by atomic mass is 16.6. The first-order chi connectivity index (χ1) is 9.69. The molecule has 1 saturated carbocycles. The van der Waals surface area contributed by atoms with Crippen LogP contribution in [-0.2, 0) is 4.74 Å². The lowest BCUT2D eigenvalue weighted by Crippen LogP contribution is -2.49. The Labute approximate surface area is 117 Å². The SMILES string of the molecule is CNc1cc([N+](=O)[O-])cc(N2CCOC3CCCC32)n1. The van der Waals surface area contributed by atoms with Crippen LogP contribution in [0.1, 0.15) is 19.3 Å². The standard InChI is InChI=1S/C13H18N4O3/c1-14-12-7-9(17(18)19)8-13(15-12)16-5-6-20-11-4-2-3-10(11)16/h7-8,10-11H,2-6H2,1H3,(H,14,15). The fraction of sp³-hybridized carbons (Fsp3) is 0.615. The number of hydrogen-bond acceptors (Lipinski definition) is 6. The van der Waals surface area contributed by atoms with Gasteiger partial charge in [0.1, 0.15) is 11.6 Å². The normalized spacial score (nSPS) is 25.4. The summed E-state index contributed by atoms with van der Waals surface area (Å²) in [4.78, 5) is 17.3. The van der Waals surface area contributed by atoms with Crippen molar-refractivity contribution < 1.29 is 9.66 Å². The second-order valence-corrected chi connectivity index (χ2v) is 5.18. The smallest absolute Gasteiger partial charge is 0.276 e. The molecule has 0 bridgehead atoms. The lowest BCUT2D eigenvalue weighted by atomic mass is 10.1. The third kappa shape index (κ3) is 2.29. The zero-order valence-corrected chi connectivity index (χ0v) is 11.4. The Kier molecular flexibility index (Phi) is 3.43. The second kappa shape index (κ2) is 5.24. The maximum Gasteiger partial charge on any atom is 0.276 e. The summed E-state index contributed by atoms with van der Waals surface area (Å²) in [5.74, 6) is 1.19. The number of aromatic nitrogens is 1. The molecule has 108 valence electrons. The van der Waals surface area contributed by atoms with Gasteiger partial charge in [-0.2, -0.15) is 0 Å². The number of morpholine rings is 1. The molecule has 1 N–H and O–H groups in total. The molecule has 2 atom stereocenters. The molecule has 2 heterocycles. The highest BCUT2D eigenvalue weighted by molar-refractivity contribution is 5.56. The number of nitro groups is 1. The van der Waals surface area contributed by atoms with Crippen LogP contribution in [0.3, 0.4) is 0 Å². The third-order valence-corrected chi connectivity index (χ3v) is 4.04. The van der Waals surface area contributed by atoms with Gasteiger partial charge in [0.25, 0.3) is 5.69 Å². The molecular weight excluding hydrogens is 260 g/mol. The van der Waals surface area contributed by atoms with Crippen molar-refractivity contribution in [3.63, 3.8) is 0 Å². The average molecular weight is 278 g/mol. The molecule has 1 saturated heterocycles. The molecule has 0 radical (unpaired) electrons. The molecule has 1 aliphatic carbocycles. The number of pyridine rings is 1. The van der Waals surface area contributed by atoms with E-state index in [0.717, 1.165) is 25.8 Å². The molecule has 1 aromatic rings. The summed E-state index contributed by atoms with van der Waals surface area (Å²) >= 11 is 0. The van der Waals surface area contributed by atoms with E-state index < -0.39 is 0 Å². The Morgan fingerprint density at radius 2 is 2.35 bits per heavy atom. The van der Waals surface area contributed by atoms with Gasteiger partial charge in [-0.05, 0) is 19.3 Å². The summed E-state index contributed by atoms with van der Waals surface area (Å²) in [6.45, 7) is 1.39. The average Bonchev–Trinajstić information content (AvgIpc) is 2.94. The number of fused-ring (bicyclic) bond motifs is 1. The zero-order chi connectivity index (χ0) is 14.1. The van der Waals surface area contributed by atoms with Crippen LogP contribution >= 0.6 is 0 Å². The van der Waals surface area contributed by atoms with Crippen LogP contribution in [0.25, 0.3) is 0 Å². The number of hydrogen-bond donors (Lipinski definition) is 1. The van der Waals surface area contributed by atoms with Crippen molar-refractivity contribution in [2.45, 2.75) is 31.4 Å². The maximum absolute atomic E-state index is 11.0. The van der Waals surface area contributed by atoms with Gasteiger partial charge in [0.05, 0.1) is 35.8 Å². The molecule has 7 heteroatoms. The van der Waals surface area contributed by atoms with Crippen molar-refractivity contribution in [3.8, 4) is 0 Å². The number of ether oxygens (including phenoxy) is 1. The molecule has 2 unspecified atom stereocenters. The highest BCUT2D eigenvalue weighted by Crippen LogP contribution is 2.34. The van der Waals surface area contributed by atoms with Gasteiger partial charge in [0, 0.05) is 13.6 Å². The summed E-state index contributed by atoms with van der Waals surface area (Å²) in [5.41, 5.74) is 0.0698. The Bertz CT molecular complexity index is 522. The van der Waals surface area contributed by atoms with Gasteiger partial charge in [-0.25, -0.2) is 4.98 Å². The number of nitrogens with one attached hydrogen (secondary N) is 1. The second-order valence-electron chi connectivity index (χ2n) is 5.18. The minimum Gasteiger partial charge on any atom is -0.374 e. The Morgan fingerprint density at radius 1 is 1.50 bits per heavy atom. The maximum atomic E-state index is 11.0. The van der Waals surface area contributed by atoms with E-state index in [-0.39, 0.29) is 16.7 Å². The van der Waals surface area contributed by atoms with Gasteiger partial charge in [0.15, 0.2) is 0 Å². The molecule has 2 fully saturated rings. The first-order valence-electron chi connectivity index (χ1n) is 6.91. The van der Waals surface area contributed by atoms with Crippen molar-refractivity contribution in [2.24, 2.45) is 0 Å². The quantitative estimate of drug-likeness (QED) is 0.670. The summed E-state index contributed by atoms with van der Waals surface area (Å²) in [6.07, 6.45) is 3.50. The van der Waals surface area contributed by atoms with Gasteiger partial charge in [-0.3, -0.25) is 10.1 Å². The fourth-order valence-corrected chi connectivity index (χ4v) is 3.09. The number of nitrogens with zero attached hydrogens (tertiary/aromatic N) is 3. The fourth-order valence-electron chi connectivity index (χ4n) is 3.09. The van der Waals surface area contributed by atoms with E-state index in [1.165, 1.54) is 6.07 Å². The molecule has 1 aromatic heterocycles. The van der Waals surface area contributed by atoms with Crippen LogP contribution in [0.15, 0.2) is 12.1 Å². The van der Waals surface area contributed by atoms with E-state index in [1.807, 2.05) is 0 Å². The minimum atomic E-state index is -0.376. The van der Waals surface area contributed by atoms with Crippen molar-refractivity contribution in [3.05, 3.63) is 22.2 Å². The van der Waals surface area contributed by atoms with E-state index >= 15 is 0 Å². The van der Waals surface area contributed by atoms with Gasteiger partial charge in [-0.15, -0.1) is 0 Å². The van der Waals surface area contributed by atoms with Crippen LogP contribution in [0, 0.1) is 10.1 Å². The number of anilines is 2. The topological polar surface area (TPSA) is 80.5 Å². The predicted molar refractivity (Wildman–Crippen MR) is 75.2 cm³/mol. The minimum absolute atomic E-state index is 0.0698. The van der Waals surface area contributed by atoms with E-state index in [0.29, 0.717) is 24.3 Å². The van der Waals surface area contributed by atoms with Crippen LogP contribution in [-0.4, -0.2) is 42.3 Å². The monoisotopic (exact) mass is 278 g/mol. The van der Waals surface area contributed by atoms with E-state index in [2.05, 4.69) is 15.2 Å². The lowest BCUT2D eigenvalue weighted by molar-refractivity contribution is -0.384. The first-order valence-corrected chi connectivity index (χ1v) is 6.91. The third-order valence-electron chi connectivity index (χ3n) is 4.04. The molecule has 20 heavy (non-hydrogen) atoms. The van der Waals surface area contributed by atoms with Crippen LogP contribution in [0.2, 0.25) is 0 Å². The van der Waals surface area contributed by atoms with Crippen molar-refractivity contribution >= 4 is 17.3 Å². The molecule has 3 rings (SSSR count). The lowest BCUT2D eigenvalue weighted by Gasteiger charge is -2.38. The summed E-state index contributed by atoms with van der Waals surface area (Å²) in [7, 11) is 1.72. The summed E-state index contributed by atoms with van der Waals surface area (Å²) < 4.78 is 5.77. The van der Waals surface area contributed by atoms with Crippen molar-refractivity contribution in [2.75, 3.05) is 30.4 Å². The van der Waals surface area contributed by atoms with Crippen molar-refractivity contribution in [1.29, 1.82) is 0 Å². The number of rotatable bonds is 3. The molecule has 1 aliphatic heterocycles. The van der Waals surface area contributed by atoms with E-state index in [4.69, 9.17) is 4.74 Å². The highest BCUT2D eigenvalue weighted by Gasteiger charge is 2.37. The Morgan fingerprint density at radius 3 is 3.10 bits per heavy atom. The first kappa shape index (κ1) is 13.1. The summed E-state index contributed by atoms with van der Waals surface area (Å²) in [5, 5.41) is 13.9. The molecule has 2 aliphatic rings. The van der Waals surface area contributed by atoms with E-state index in [1.54, 1.807) is 13.1 Å². The zero-order valence-electron chi connectivity index (χ0n) is 11.4. The predicted octanol–water partition coefficient (Wildman–Crippen LogP) is 1.79. The van der Waals surface area contributed by atoms with Crippen molar-refractivity contribution in [1.82, 2.24) is 4.98 Å². The van der Waals surface area contributed by atoms with Gasteiger partial charge in [0.2, 0.25) is 0 Å². The van der Waals surface area contributed by atoms with E-state index in [9.17, 15) is 10.1 Å². The molecule has 0 amide bonds. The molecule has 0 spiro atoms. The van der Waals surface area contributed by atoms with Gasteiger partial charge >= 0.3 is 0 Å². The van der Waals surface area contributed by atoms with Crippen LogP contribution < -0.4 is 10.2 Å². The Balaban J connectivity index is 1.95. The summed E-state index contributed by atoms with van der Waals surface area (Å²) in [6, 6.07) is 3.31. The Hall–Kier alpha value is -1.89. The van der Waals surface area contributed by atoms with Gasteiger partial charge in [-0.1, -0.05) is 0 Å². The van der Waals surface area contributed by atoms with Crippen LogP contribution in [0.4, 0.5) is 17.3 Å². The van der Waals surface area contributed by atoms with Crippen LogP contribution in [0.5, 0.6) is 0 Å². The molecular formula is C13H18N4O3. The molecule has 0 aromatic carbocycles. The molecule has 7 nitrogen and oxygen atoms in total. The van der Waals surface area contributed by atoms with Gasteiger partial charge < -0.3 is 15.0 Å².